The van der Waals surface area contributed by atoms with Crippen molar-refractivity contribution >= 4 is 52.3 Å². The van der Waals surface area contributed by atoms with E-state index in [2.05, 4.69) is 10.3 Å². The first-order valence-electron chi connectivity index (χ1n) is 16.3. The van der Waals surface area contributed by atoms with Crippen LogP contribution in [0.3, 0.4) is 0 Å². The van der Waals surface area contributed by atoms with Gasteiger partial charge in [0.1, 0.15) is 32.9 Å². The number of thiocarbonyl (C=S) groups is 1. The molecule has 1 saturated heterocycles. The zero-order chi connectivity index (χ0) is 33.5. The third-order valence-corrected chi connectivity index (χ3v) is 10.9. The number of aliphatic imine (C=N–C) groups is 1. The number of hydrogen-bond donors (Lipinski definition) is 2. The molecular weight excluding hydrogens is 637 g/mol. The summed E-state index contributed by atoms with van der Waals surface area (Å²) in [4.78, 5) is 32.9. The Morgan fingerprint density at radius 3 is 2.32 bits per heavy atom. The Morgan fingerprint density at radius 1 is 1.09 bits per heavy atom. The molecule has 4 bridgehead atoms. The van der Waals surface area contributed by atoms with E-state index in [-0.39, 0.29) is 17.9 Å². The maximum Gasteiger partial charge on any atom is 0.414 e. The van der Waals surface area contributed by atoms with Gasteiger partial charge in [-0.25, -0.2) is 4.79 Å². The van der Waals surface area contributed by atoms with Gasteiger partial charge in [0.15, 0.2) is 5.96 Å². The molecule has 0 spiro atoms. The summed E-state index contributed by atoms with van der Waals surface area (Å²) >= 11 is 7.22. The van der Waals surface area contributed by atoms with Crippen LogP contribution < -0.4 is 20.5 Å². The van der Waals surface area contributed by atoms with Gasteiger partial charge < -0.3 is 24.4 Å². The number of nitrogens with two attached hydrogens (primary N) is 1. The van der Waals surface area contributed by atoms with E-state index in [0.717, 1.165) is 23.0 Å². The van der Waals surface area contributed by atoms with Crippen molar-refractivity contribution in [1.29, 1.82) is 0 Å². The number of amides is 2. The number of alkyl carbamates (subject to hydrolysis) is 1. The van der Waals surface area contributed by atoms with Crippen molar-refractivity contribution in [2.24, 2.45) is 34.4 Å². The number of aryl methyl sites for hydroxylation is 1. The topological polar surface area (TPSA) is 129 Å². The van der Waals surface area contributed by atoms with Crippen molar-refractivity contribution < 1.29 is 28.2 Å². The van der Waals surface area contributed by atoms with Gasteiger partial charge in [-0.15, -0.1) is 0 Å². The van der Waals surface area contributed by atoms with Gasteiger partial charge in [-0.1, -0.05) is 24.0 Å². The molecule has 47 heavy (non-hydrogen) atoms. The van der Waals surface area contributed by atoms with Crippen LogP contribution in [0.5, 0.6) is 11.5 Å². The van der Waals surface area contributed by atoms with E-state index in [1.807, 2.05) is 29.2 Å². The van der Waals surface area contributed by atoms with Crippen LogP contribution in [-0.4, -0.2) is 59.6 Å². The van der Waals surface area contributed by atoms with Crippen molar-refractivity contribution in [3.63, 3.8) is 0 Å². The Bertz CT molecular complexity index is 1560. The SMILES string of the molecule is COc1cc(OC)cc(-c2cc(CCCN=C(N)NC(=O)OC(C)(C)C)c(C=C3SC(=S)N(C4C5CC6CC(C5)CC4C6)C3=O)o2)c1. The lowest BCUT2D eigenvalue weighted by molar-refractivity contribution is -0.130. The second-order valence-corrected chi connectivity index (χ2v) is 15.7. The van der Waals surface area contributed by atoms with Gasteiger partial charge in [0, 0.05) is 30.3 Å². The molecule has 3 N–H and O–H groups in total. The van der Waals surface area contributed by atoms with E-state index in [1.165, 1.54) is 43.9 Å². The fraction of sp³-hybridized carbons (Fsp3) is 0.543. The summed E-state index contributed by atoms with van der Waals surface area (Å²) in [6.45, 7) is 5.70. The number of nitrogens with zero attached hydrogens (tertiary/aromatic N) is 2. The Hall–Kier alpha value is -3.51. The number of hydrogen-bond acceptors (Lipinski definition) is 9. The molecule has 2 heterocycles. The molecule has 4 aliphatic carbocycles. The van der Waals surface area contributed by atoms with Crippen molar-refractivity contribution in [3.05, 3.63) is 40.5 Å². The number of benzene rings is 1. The van der Waals surface area contributed by atoms with Crippen LogP contribution in [0, 0.1) is 23.7 Å². The second-order valence-electron chi connectivity index (χ2n) is 14.1. The summed E-state index contributed by atoms with van der Waals surface area (Å²) in [6.07, 6.45) is 8.61. The summed E-state index contributed by atoms with van der Waals surface area (Å²) in [6, 6.07) is 7.75. The highest BCUT2D eigenvalue weighted by Gasteiger charge is 2.53. The fourth-order valence-corrected chi connectivity index (χ4v) is 9.26. The van der Waals surface area contributed by atoms with E-state index in [1.54, 1.807) is 41.1 Å². The summed E-state index contributed by atoms with van der Waals surface area (Å²) in [5, 5.41) is 2.46. The number of nitrogens with one attached hydrogen (secondary N) is 1. The molecule has 1 aromatic heterocycles. The molecule has 7 rings (SSSR count). The molecule has 0 atom stereocenters. The molecule has 5 aliphatic rings. The third kappa shape index (κ3) is 7.48. The van der Waals surface area contributed by atoms with Crippen molar-refractivity contribution in [2.45, 2.75) is 77.4 Å². The zero-order valence-corrected chi connectivity index (χ0v) is 29.3. The summed E-state index contributed by atoms with van der Waals surface area (Å²) in [7, 11) is 3.21. The third-order valence-electron chi connectivity index (χ3n) is 9.55. The minimum absolute atomic E-state index is 0.00992. The highest BCUT2D eigenvalue weighted by atomic mass is 32.2. The molecule has 0 unspecified atom stereocenters. The molecule has 0 radical (unpaired) electrons. The van der Waals surface area contributed by atoms with E-state index < -0.39 is 11.7 Å². The molecule has 252 valence electrons. The predicted molar refractivity (Wildman–Crippen MR) is 187 cm³/mol. The normalized spacial score (nSPS) is 26.3. The Labute approximate surface area is 285 Å². The van der Waals surface area contributed by atoms with Crippen molar-refractivity contribution in [2.75, 3.05) is 20.8 Å². The van der Waals surface area contributed by atoms with Crippen molar-refractivity contribution in [3.8, 4) is 22.8 Å². The zero-order valence-electron chi connectivity index (χ0n) is 27.7. The summed E-state index contributed by atoms with van der Waals surface area (Å²) in [5.41, 5.74) is 6.98. The van der Waals surface area contributed by atoms with Gasteiger partial charge in [0.25, 0.3) is 5.91 Å². The van der Waals surface area contributed by atoms with E-state index in [0.29, 0.717) is 63.5 Å². The average molecular weight is 681 g/mol. The minimum atomic E-state index is -0.653. The molecule has 10 nitrogen and oxygen atoms in total. The van der Waals surface area contributed by atoms with Crippen LogP contribution in [-0.2, 0) is 16.0 Å². The molecule has 2 aromatic rings. The first-order chi connectivity index (χ1) is 22.4. The molecule has 4 saturated carbocycles. The largest absolute Gasteiger partial charge is 0.497 e. The lowest BCUT2D eigenvalue weighted by Crippen LogP contribution is -2.57. The van der Waals surface area contributed by atoms with E-state index in [4.69, 9.17) is 36.6 Å². The maximum absolute atomic E-state index is 14.0. The molecular formula is C35H44N4O6S2. The quantitative estimate of drug-likeness (QED) is 0.0971. The predicted octanol–water partition coefficient (Wildman–Crippen LogP) is 6.76. The molecule has 5 fully saturated rings. The summed E-state index contributed by atoms with van der Waals surface area (Å²) in [5.74, 6) is 5.17. The number of rotatable bonds is 9. The lowest BCUT2D eigenvalue weighted by Gasteiger charge is -2.56. The maximum atomic E-state index is 14.0. The van der Waals surface area contributed by atoms with Gasteiger partial charge in [0.2, 0.25) is 0 Å². The number of carbonyl (C=O) groups excluding carboxylic acids is 2. The average Bonchev–Trinajstić information content (AvgIpc) is 3.53. The molecule has 2 amide bonds. The highest BCUT2D eigenvalue weighted by Crippen LogP contribution is 2.56. The Balaban J connectivity index is 1.23. The van der Waals surface area contributed by atoms with Gasteiger partial charge in [0.05, 0.1) is 19.1 Å². The number of ether oxygens (including phenoxy) is 3. The Kier molecular flexibility index (Phi) is 9.62. The van der Waals surface area contributed by atoms with Crippen molar-refractivity contribution in [1.82, 2.24) is 10.2 Å². The smallest absolute Gasteiger partial charge is 0.414 e. The fourth-order valence-electron chi connectivity index (χ4n) is 7.94. The van der Waals surface area contributed by atoms with Crippen LogP contribution >= 0.6 is 24.0 Å². The second kappa shape index (κ2) is 13.5. The number of guanidine groups is 1. The summed E-state index contributed by atoms with van der Waals surface area (Å²) < 4.78 is 23.3. The minimum Gasteiger partial charge on any atom is -0.497 e. The van der Waals surface area contributed by atoms with Crippen LogP contribution in [0.15, 0.2) is 38.6 Å². The van der Waals surface area contributed by atoms with Gasteiger partial charge in [-0.05, 0) is 113 Å². The van der Waals surface area contributed by atoms with E-state index in [9.17, 15) is 9.59 Å². The first-order valence-corrected chi connectivity index (χ1v) is 17.6. The number of carbonyl (C=O) groups is 2. The lowest BCUT2D eigenvalue weighted by atomic mass is 9.54. The van der Waals surface area contributed by atoms with Crippen LogP contribution in [0.25, 0.3) is 17.4 Å². The van der Waals surface area contributed by atoms with Gasteiger partial charge in [-0.2, -0.15) is 0 Å². The standard InChI is InChI=1S/C35H44N4O6S2/c1-35(2,3)45-33(41)38-32(36)37-8-6-7-21-16-27(22-14-25(42-4)17-26(15-22)43-5)44-28(21)18-29-31(40)39(34(46)47-29)30-23-10-19-9-20(12-23)13-24(30)11-19/h14-20,23-24,30H,6-13H2,1-5H3,(H3,36,37,38,41). The first kappa shape index (κ1) is 33.4. The monoisotopic (exact) mass is 680 g/mol. The molecule has 12 heteroatoms. The van der Waals surface area contributed by atoms with Gasteiger partial charge in [-0.3, -0.25) is 20.0 Å². The number of thioether (sulfide) groups is 1. The highest BCUT2D eigenvalue weighted by molar-refractivity contribution is 8.26. The molecule has 1 aromatic carbocycles. The Morgan fingerprint density at radius 2 is 1.72 bits per heavy atom. The van der Waals surface area contributed by atoms with E-state index >= 15 is 0 Å². The van der Waals surface area contributed by atoms with Crippen LogP contribution in [0.4, 0.5) is 4.79 Å². The number of furan rings is 1. The van der Waals surface area contributed by atoms with Crippen LogP contribution in [0.1, 0.15) is 70.6 Å². The molecule has 1 aliphatic heterocycles. The van der Waals surface area contributed by atoms with Crippen LogP contribution in [0.2, 0.25) is 0 Å². The number of methoxy groups -OCH3 is 2. The van der Waals surface area contributed by atoms with Gasteiger partial charge >= 0.3 is 6.09 Å².